The maximum atomic E-state index is 12.2. The van der Waals surface area contributed by atoms with E-state index in [0.29, 0.717) is 22.2 Å². The number of hydrogen-bond acceptors (Lipinski definition) is 3. The first-order chi connectivity index (χ1) is 8.50. The maximum Gasteiger partial charge on any atom is 0.179 e. The number of rotatable bonds is 4. The summed E-state index contributed by atoms with van der Waals surface area (Å²) in [5, 5.41) is 0. The van der Waals surface area contributed by atoms with Crippen molar-refractivity contribution in [2.75, 3.05) is 5.75 Å². The van der Waals surface area contributed by atoms with Gasteiger partial charge in [-0.05, 0) is 47.3 Å². The van der Waals surface area contributed by atoms with Crippen LogP contribution in [0.5, 0.6) is 0 Å². The molecule has 1 fully saturated rings. The van der Waals surface area contributed by atoms with Crippen LogP contribution in [0.4, 0.5) is 0 Å². The summed E-state index contributed by atoms with van der Waals surface area (Å²) in [4.78, 5) is 11.8. The fourth-order valence-corrected chi connectivity index (χ4v) is 4.79. The van der Waals surface area contributed by atoms with Crippen LogP contribution >= 0.6 is 15.9 Å². The molecule has 0 saturated heterocycles. The smallest absolute Gasteiger partial charge is 0.179 e. The van der Waals surface area contributed by atoms with E-state index in [9.17, 15) is 13.2 Å². The van der Waals surface area contributed by atoms with E-state index in [1.807, 2.05) is 0 Å². The van der Waals surface area contributed by atoms with Gasteiger partial charge >= 0.3 is 0 Å². The SMILES string of the molecule is O=C1CCCC1CCS(=O)(=O)c1ccccc1Br. The standard InChI is InChI=1S/C13H15BrO3S/c14-11-5-1-2-7-13(11)18(16,17)9-8-10-4-3-6-12(10)15/h1-2,5,7,10H,3-4,6,8-9H2. The molecule has 1 aliphatic carbocycles. The van der Waals surface area contributed by atoms with Gasteiger partial charge < -0.3 is 0 Å². The lowest BCUT2D eigenvalue weighted by molar-refractivity contribution is -0.120. The molecule has 1 aromatic carbocycles. The fraction of sp³-hybridized carbons (Fsp3) is 0.462. The number of halogens is 1. The molecule has 1 aromatic rings. The van der Waals surface area contributed by atoms with Crippen LogP contribution in [0.2, 0.25) is 0 Å². The molecule has 1 saturated carbocycles. The Morgan fingerprint density at radius 3 is 2.61 bits per heavy atom. The number of carbonyl (C=O) groups excluding carboxylic acids is 1. The maximum absolute atomic E-state index is 12.2. The van der Waals surface area contributed by atoms with Gasteiger partial charge in [-0.1, -0.05) is 12.1 Å². The van der Waals surface area contributed by atoms with Gasteiger partial charge in [-0.15, -0.1) is 0 Å². The Labute approximate surface area is 116 Å². The molecule has 0 aliphatic heterocycles. The number of Topliss-reactive ketones (excluding diaryl/α,β-unsaturated/α-hetero) is 1. The molecular formula is C13H15BrO3S. The van der Waals surface area contributed by atoms with Crippen LogP contribution in [-0.4, -0.2) is 20.0 Å². The van der Waals surface area contributed by atoms with Crippen molar-refractivity contribution in [3.05, 3.63) is 28.7 Å². The molecule has 0 spiro atoms. The van der Waals surface area contributed by atoms with Crippen molar-refractivity contribution >= 4 is 31.6 Å². The lowest BCUT2D eigenvalue weighted by Gasteiger charge is -2.09. The first kappa shape index (κ1) is 13.7. The van der Waals surface area contributed by atoms with E-state index in [1.54, 1.807) is 24.3 Å². The van der Waals surface area contributed by atoms with Gasteiger partial charge in [0.2, 0.25) is 0 Å². The van der Waals surface area contributed by atoms with Gasteiger partial charge in [-0.2, -0.15) is 0 Å². The summed E-state index contributed by atoms with van der Waals surface area (Å²) in [6.07, 6.45) is 2.80. The number of benzene rings is 1. The third-order valence-corrected chi connectivity index (χ3v) is 6.09. The Bertz CT molecular complexity index is 551. The van der Waals surface area contributed by atoms with E-state index in [1.165, 1.54) is 0 Å². The van der Waals surface area contributed by atoms with Crippen molar-refractivity contribution < 1.29 is 13.2 Å². The van der Waals surface area contributed by atoms with Crippen LogP contribution in [0, 0.1) is 5.92 Å². The number of sulfone groups is 1. The van der Waals surface area contributed by atoms with Crippen LogP contribution in [0.15, 0.2) is 33.6 Å². The van der Waals surface area contributed by atoms with Gasteiger partial charge in [0.1, 0.15) is 5.78 Å². The molecule has 0 radical (unpaired) electrons. The van der Waals surface area contributed by atoms with E-state index in [0.717, 1.165) is 12.8 Å². The minimum atomic E-state index is -3.30. The van der Waals surface area contributed by atoms with Crippen molar-refractivity contribution in [1.82, 2.24) is 0 Å². The summed E-state index contributed by atoms with van der Waals surface area (Å²) in [6.45, 7) is 0. The van der Waals surface area contributed by atoms with Crippen LogP contribution < -0.4 is 0 Å². The quantitative estimate of drug-likeness (QED) is 0.852. The second kappa shape index (κ2) is 5.53. The summed E-state index contributed by atoms with van der Waals surface area (Å²) in [6, 6.07) is 6.80. The third kappa shape index (κ3) is 3.01. The zero-order chi connectivity index (χ0) is 13.2. The Kier molecular flexibility index (Phi) is 4.22. The minimum absolute atomic E-state index is 0.0476. The Hall–Kier alpha value is -0.680. The molecule has 0 N–H and O–H groups in total. The van der Waals surface area contributed by atoms with Gasteiger partial charge in [-0.25, -0.2) is 8.42 Å². The van der Waals surface area contributed by atoms with E-state index in [-0.39, 0.29) is 17.5 Å². The third-order valence-electron chi connectivity index (χ3n) is 3.34. The zero-order valence-corrected chi connectivity index (χ0v) is 12.3. The molecule has 1 unspecified atom stereocenters. The largest absolute Gasteiger partial charge is 0.299 e. The van der Waals surface area contributed by atoms with E-state index < -0.39 is 9.84 Å². The highest BCUT2D eigenvalue weighted by molar-refractivity contribution is 9.10. The molecule has 18 heavy (non-hydrogen) atoms. The first-order valence-electron chi connectivity index (χ1n) is 6.01. The highest BCUT2D eigenvalue weighted by Crippen LogP contribution is 2.28. The summed E-state index contributed by atoms with van der Waals surface area (Å²) in [7, 11) is -3.30. The Morgan fingerprint density at radius 2 is 2.00 bits per heavy atom. The van der Waals surface area contributed by atoms with Crippen molar-refractivity contribution in [1.29, 1.82) is 0 Å². The second-order valence-corrected chi connectivity index (χ2v) is 7.53. The van der Waals surface area contributed by atoms with E-state index in [4.69, 9.17) is 0 Å². The Balaban J connectivity index is 2.08. The molecule has 0 amide bonds. The van der Waals surface area contributed by atoms with Gasteiger partial charge in [-0.3, -0.25) is 4.79 Å². The molecule has 0 heterocycles. The van der Waals surface area contributed by atoms with Gasteiger partial charge in [0.15, 0.2) is 9.84 Å². The van der Waals surface area contributed by atoms with Gasteiger partial charge in [0.25, 0.3) is 0 Å². The second-order valence-electron chi connectivity index (χ2n) is 4.59. The predicted molar refractivity (Wildman–Crippen MR) is 73.2 cm³/mol. The number of carbonyl (C=O) groups is 1. The number of ketones is 1. The summed E-state index contributed by atoms with van der Waals surface area (Å²) < 4.78 is 24.9. The van der Waals surface area contributed by atoms with E-state index >= 15 is 0 Å². The molecule has 2 rings (SSSR count). The lowest BCUT2D eigenvalue weighted by atomic mass is 10.1. The molecule has 0 aromatic heterocycles. The zero-order valence-electron chi connectivity index (χ0n) is 9.93. The molecule has 3 nitrogen and oxygen atoms in total. The highest BCUT2D eigenvalue weighted by atomic mass is 79.9. The Morgan fingerprint density at radius 1 is 1.28 bits per heavy atom. The molecule has 1 aliphatic rings. The highest BCUT2D eigenvalue weighted by Gasteiger charge is 2.27. The van der Waals surface area contributed by atoms with Gasteiger partial charge in [0, 0.05) is 16.8 Å². The number of hydrogen-bond donors (Lipinski definition) is 0. The van der Waals surface area contributed by atoms with Crippen LogP contribution in [0.3, 0.4) is 0 Å². The van der Waals surface area contributed by atoms with Gasteiger partial charge in [0.05, 0.1) is 10.6 Å². The van der Waals surface area contributed by atoms with Crippen molar-refractivity contribution in [3.8, 4) is 0 Å². The average molecular weight is 331 g/mol. The van der Waals surface area contributed by atoms with Crippen molar-refractivity contribution in [3.63, 3.8) is 0 Å². The average Bonchev–Trinajstić information content (AvgIpc) is 2.73. The normalized spacial score (nSPS) is 20.3. The first-order valence-corrected chi connectivity index (χ1v) is 8.45. The summed E-state index contributed by atoms with van der Waals surface area (Å²) in [5.74, 6) is 0.214. The molecule has 5 heteroatoms. The topological polar surface area (TPSA) is 51.2 Å². The molecule has 1 atom stereocenters. The minimum Gasteiger partial charge on any atom is -0.299 e. The molecular weight excluding hydrogens is 316 g/mol. The predicted octanol–water partition coefficient (Wildman–Crippen LogP) is 2.98. The lowest BCUT2D eigenvalue weighted by Crippen LogP contribution is -2.14. The van der Waals surface area contributed by atoms with Crippen LogP contribution in [0.25, 0.3) is 0 Å². The van der Waals surface area contributed by atoms with Crippen molar-refractivity contribution in [2.24, 2.45) is 5.92 Å². The molecule has 0 bridgehead atoms. The van der Waals surface area contributed by atoms with Crippen molar-refractivity contribution in [2.45, 2.75) is 30.6 Å². The fourth-order valence-electron chi connectivity index (χ4n) is 2.30. The van der Waals surface area contributed by atoms with Crippen LogP contribution in [-0.2, 0) is 14.6 Å². The summed E-state index contributed by atoms with van der Waals surface area (Å²) in [5.41, 5.74) is 0. The monoisotopic (exact) mass is 330 g/mol. The molecule has 98 valence electrons. The van der Waals surface area contributed by atoms with Crippen LogP contribution in [0.1, 0.15) is 25.7 Å². The van der Waals surface area contributed by atoms with E-state index in [2.05, 4.69) is 15.9 Å². The summed E-state index contributed by atoms with van der Waals surface area (Å²) >= 11 is 3.25.